The molecule has 0 unspecified atom stereocenters. The van der Waals surface area contributed by atoms with Crippen molar-refractivity contribution in [3.63, 3.8) is 0 Å². The van der Waals surface area contributed by atoms with Gasteiger partial charge in [-0.15, -0.1) is 0 Å². The molecular weight excluding hydrogens is 408 g/mol. The monoisotopic (exact) mass is 444 g/mol. The van der Waals surface area contributed by atoms with Crippen LogP contribution in [0.2, 0.25) is 6.04 Å². The Balaban J connectivity index is 0.000000235. The van der Waals surface area contributed by atoms with Crippen molar-refractivity contribution < 1.29 is 9.53 Å². The van der Waals surface area contributed by atoms with E-state index in [2.05, 4.69) is 56.9 Å². The van der Waals surface area contributed by atoms with Gasteiger partial charge in [-0.3, -0.25) is 0 Å². The van der Waals surface area contributed by atoms with Crippen LogP contribution in [-0.2, 0) is 0 Å². The molecule has 32 heavy (non-hydrogen) atoms. The van der Waals surface area contributed by atoms with Gasteiger partial charge in [-0.2, -0.15) is 0 Å². The summed E-state index contributed by atoms with van der Waals surface area (Å²) in [4.78, 5) is 11.3. The molecule has 168 valence electrons. The summed E-state index contributed by atoms with van der Waals surface area (Å²) in [7, 11) is -0.896. The second-order valence-corrected chi connectivity index (χ2v) is 11.6. The van der Waals surface area contributed by atoms with Gasteiger partial charge in [0.15, 0.2) is 0 Å². The molecule has 0 aliphatic rings. The molecule has 0 spiro atoms. The number of unbranched alkanes of at least 4 members (excludes halogenated alkanes) is 2. The van der Waals surface area contributed by atoms with Gasteiger partial charge >= 0.3 is 0 Å². The molecule has 0 aromatic heterocycles. The molecule has 3 heteroatoms. The predicted octanol–water partition coefficient (Wildman–Crippen LogP) is 5.63. The molecule has 3 aromatic rings. The Bertz CT molecular complexity index is 915. The van der Waals surface area contributed by atoms with E-state index in [-0.39, 0.29) is 0 Å². The standard InChI is InChI=1S/C16H20OSi.C13H16O/c1-14(2)13-18(17,15-9-5-3-6-10-15)16-11-7-4-8-12-16;1-3-4-5-6-7-12-8-10-13(14-2)11-9-12/h3-12,14,17H,13H2,1-2H3;8-11H,3-5H2,1-2H3. The van der Waals surface area contributed by atoms with Crippen LogP contribution < -0.4 is 15.1 Å². The predicted molar refractivity (Wildman–Crippen MR) is 139 cm³/mol. The van der Waals surface area contributed by atoms with E-state index in [1.54, 1.807) is 7.11 Å². The molecule has 3 aromatic carbocycles. The van der Waals surface area contributed by atoms with Gasteiger partial charge in [0.2, 0.25) is 0 Å². The van der Waals surface area contributed by atoms with E-state index < -0.39 is 8.32 Å². The molecule has 0 atom stereocenters. The first-order chi connectivity index (χ1) is 15.5. The van der Waals surface area contributed by atoms with Gasteiger partial charge in [0.25, 0.3) is 8.32 Å². The van der Waals surface area contributed by atoms with E-state index >= 15 is 0 Å². The summed E-state index contributed by atoms with van der Waals surface area (Å²) in [5, 5.41) is 2.20. The third-order valence-corrected chi connectivity index (χ3v) is 9.17. The quantitative estimate of drug-likeness (QED) is 0.291. The Labute approximate surface area is 195 Å². The highest BCUT2D eigenvalue weighted by Crippen LogP contribution is 2.15. The van der Waals surface area contributed by atoms with Crippen molar-refractivity contribution in [1.82, 2.24) is 0 Å². The fourth-order valence-corrected chi connectivity index (χ4v) is 7.00. The minimum absolute atomic E-state index is 0.488. The van der Waals surface area contributed by atoms with Crippen molar-refractivity contribution in [3.8, 4) is 17.6 Å². The third kappa shape index (κ3) is 8.03. The Kier molecular flexibility index (Phi) is 10.8. The molecule has 2 nitrogen and oxygen atoms in total. The van der Waals surface area contributed by atoms with Crippen molar-refractivity contribution in [2.24, 2.45) is 5.92 Å². The van der Waals surface area contributed by atoms with Crippen LogP contribution in [0.4, 0.5) is 0 Å². The van der Waals surface area contributed by atoms with E-state index in [0.717, 1.165) is 34.2 Å². The lowest BCUT2D eigenvalue weighted by Crippen LogP contribution is -2.59. The van der Waals surface area contributed by atoms with Crippen LogP contribution in [0.1, 0.15) is 45.6 Å². The maximum Gasteiger partial charge on any atom is 0.252 e. The van der Waals surface area contributed by atoms with Crippen LogP contribution in [0.3, 0.4) is 0 Å². The van der Waals surface area contributed by atoms with Crippen molar-refractivity contribution >= 4 is 18.7 Å². The lowest BCUT2D eigenvalue weighted by atomic mass is 10.2. The highest BCUT2D eigenvalue weighted by Gasteiger charge is 2.36. The van der Waals surface area contributed by atoms with E-state index in [1.807, 2.05) is 60.7 Å². The maximum absolute atomic E-state index is 11.3. The first kappa shape index (κ1) is 25.5. The van der Waals surface area contributed by atoms with Gasteiger partial charge < -0.3 is 9.53 Å². The molecule has 0 heterocycles. The Morgan fingerprint density at radius 1 is 0.844 bits per heavy atom. The number of benzene rings is 3. The SMILES string of the molecule is CC(C)C[Si](O)(c1ccccc1)c1ccccc1.CCCCC#Cc1ccc(OC)cc1. The summed E-state index contributed by atoms with van der Waals surface area (Å²) < 4.78 is 5.06. The number of hydrogen-bond donors (Lipinski definition) is 1. The largest absolute Gasteiger partial charge is 0.497 e. The van der Waals surface area contributed by atoms with Crippen LogP contribution in [0, 0.1) is 17.8 Å². The van der Waals surface area contributed by atoms with Gasteiger partial charge in [0.05, 0.1) is 7.11 Å². The minimum Gasteiger partial charge on any atom is -0.497 e. The lowest BCUT2D eigenvalue weighted by molar-refractivity contribution is 0.415. The molecule has 0 saturated carbocycles. The average Bonchev–Trinajstić information content (AvgIpc) is 2.83. The molecule has 0 saturated heterocycles. The molecule has 0 fully saturated rings. The van der Waals surface area contributed by atoms with Crippen molar-refractivity contribution in [3.05, 3.63) is 90.5 Å². The molecule has 0 radical (unpaired) electrons. The summed E-state index contributed by atoms with van der Waals surface area (Å²) in [5.74, 6) is 7.64. The van der Waals surface area contributed by atoms with Gasteiger partial charge in [-0.1, -0.05) is 99.7 Å². The number of ether oxygens (including phenoxy) is 1. The Morgan fingerprint density at radius 3 is 1.81 bits per heavy atom. The summed E-state index contributed by atoms with van der Waals surface area (Å²) >= 11 is 0. The summed E-state index contributed by atoms with van der Waals surface area (Å²) in [5.41, 5.74) is 1.06. The van der Waals surface area contributed by atoms with Crippen LogP contribution >= 0.6 is 0 Å². The molecule has 0 aliphatic carbocycles. The first-order valence-corrected chi connectivity index (χ1v) is 13.6. The molecular formula is C29H36O2Si. The summed E-state index contributed by atoms with van der Waals surface area (Å²) in [6.07, 6.45) is 3.38. The smallest absolute Gasteiger partial charge is 0.252 e. The fraction of sp³-hybridized carbons (Fsp3) is 0.310. The zero-order valence-corrected chi connectivity index (χ0v) is 20.8. The molecule has 1 N–H and O–H groups in total. The van der Waals surface area contributed by atoms with Crippen molar-refractivity contribution in [2.45, 2.75) is 46.1 Å². The Hall–Kier alpha value is -2.80. The minimum atomic E-state index is -2.56. The zero-order valence-electron chi connectivity index (χ0n) is 19.8. The second-order valence-electron chi connectivity index (χ2n) is 8.32. The van der Waals surface area contributed by atoms with Crippen LogP contribution in [0.5, 0.6) is 5.75 Å². The normalized spacial score (nSPS) is 10.6. The average molecular weight is 445 g/mol. The number of methoxy groups -OCH3 is 1. The van der Waals surface area contributed by atoms with Crippen molar-refractivity contribution in [2.75, 3.05) is 7.11 Å². The van der Waals surface area contributed by atoms with Gasteiger partial charge in [-0.05, 0) is 53.0 Å². The van der Waals surface area contributed by atoms with Gasteiger partial charge in [-0.25, -0.2) is 0 Å². The number of rotatable bonds is 7. The molecule has 3 rings (SSSR count). The van der Waals surface area contributed by atoms with Crippen LogP contribution in [0.15, 0.2) is 84.9 Å². The van der Waals surface area contributed by atoms with E-state index in [0.29, 0.717) is 5.92 Å². The van der Waals surface area contributed by atoms with E-state index in [1.165, 1.54) is 12.8 Å². The number of hydrogen-bond acceptors (Lipinski definition) is 2. The Morgan fingerprint density at radius 2 is 1.38 bits per heavy atom. The van der Waals surface area contributed by atoms with Gasteiger partial charge in [0, 0.05) is 12.0 Å². The summed E-state index contributed by atoms with van der Waals surface area (Å²) in [6, 6.07) is 29.0. The topological polar surface area (TPSA) is 29.5 Å². The lowest BCUT2D eigenvalue weighted by Gasteiger charge is -2.28. The van der Waals surface area contributed by atoms with Crippen molar-refractivity contribution in [1.29, 1.82) is 0 Å². The zero-order chi connectivity index (χ0) is 23.2. The second kappa shape index (κ2) is 13.6. The molecule has 0 aliphatic heterocycles. The first-order valence-electron chi connectivity index (χ1n) is 11.5. The molecule has 0 amide bonds. The summed E-state index contributed by atoms with van der Waals surface area (Å²) in [6.45, 7) is 6.52. The van der Waals surface area contributed by atoms with E-state index in [9.17, 15) is 4.80 Å². The third-order valence-electron chi connectivity index (χ3n) is 5.18. The highest BCUT2D eigenvalue weighted by atomic mass is 28.4. The van der Waals surface area contributed by atoms with Crippen LogP contribution in [-0.4, -0.2) is 20.2 Å². The van der Waals surface area contributed by atoms with E-state index in [4.69, 9.17) is 4.74 Å². The fourth-order valence-electron chi connectivity index (χ4n) is 3.53. The molecule has 0 bridgehead atoms. The van der Waals surface area contributed by atoms with Gasteiger partial charge in [0.1, 0.15) is 5.75 Å². The maximum atomic E-state index is 11.3. The van der Waals surface area contributed by atoms with Crippen LogP contribution in [0.25, 0.3) is 0 Å². The highest BCUT2D eigenvalue weighted by molar-refractivity contribution is 6.96.